The van der Waals surface area contributed by atoms with Crippen molar-refractivity contribution < 1.29 is 9.21 Å². The van der Waals surface area contributed by atoms with E-state index in [2.05, 4.69) is 34.8 Å². The second-order valence-electron chi connectivity index (χ2n) is 6.44. The molecule has 1 amide bonds. The van der Waals surface area contributed by atoms with Gasteiger partial charge in [0.25, 0.3) is 5.91 Å². The first-order valence-corrected chi connectivity index (χ1v) is 9.38. The number of aliphatic imine (C=N–C) groups is 1. The smallest absolute Gasteiger partial charge is 0.287 e. The molecule has 0 saturated heterocycles. The lowest BCUT2D eigenvalue weighted by atomic mass is 10.1. The first kappa shape index (κ1) is 24.8. The minimum atomic E-state index is -0.161. The highest BCUT2D eigenvalue weighted by atomic mass is 127. The number of carbonyl (C=O) groups is 1. The number of guanidine groups is 1. The van der Waals surface area contributed by atoms with Crippen LogP contribution in [0.4, 0.5) is 0 Å². The summed E-state index contributed by atoms with van der Waals surface area (Å²) >= 11 is 0. The Kier molecular flexibility index (Phi) is 14.2. The molecule has 1 aromatic heterocycles. The van der Waals surface area contributed by atoms with Gasteiger partial charge in [0.1, 0.15) is 0 Å². The Labute approximate surface area is 175 Å². The van der Waals surface area contributed by atoms with Crippen molar-refractivity contribution in [2.45, 2.75) is 65.3 Å². The fraction of sp³-hybridized carbons (Fsp3) is 0.684. The number of carbonyl (C=O) groups excluding carboxylic acids is 1. The van der Waals surface area contributed by atoms with Crippen LogP contribution < -0.4 is 16.0 Å². The van der Waals surface area contributed by atoms with Gasteiger partial charge in [-0.1, -0.05) is 32.6 Å². The largest absolute Gasteiger partial charge is 0.459 e. The molecule has 150 valence electrons. The Morgan fingerprint density at radius 2 is 1.92 bits per heavy atom. The molecule has 1 unspecified atom stereocenters. The number of furan rings is 1. The predicted molar refractivity (Wildman–Crippen MR) is 119 cm³/mol. The minimum absolute atomic E-state index is 0. The number of unbranched alkanes of at least 4 members (excludes halogenated alkanes) is 3. The number of hydrogen-bond donors (Lipinski definition) is 3. The summed E-state index contributed by atoms with van der Waals surface area (Å²) in [6.07, 6.45) is 8.62. The van der Waals surface area contributed by atoms with Crippen molar-refractivity contribution >= 4 is 35.8 Å². The van der Waals surface area contributed by atoms with E-state index < -0.39 is 0 Å². The number of halogens is 1. The quantitative estimate of drug-likeness (QED) is 0.195. The fourth-order valence-corrected chi connectivity index (χ4v) is 2.56. The Morgan fingerprint density at radius 1 is 1.19 bits per heavy atom. The molecular weight excluding hydrogens is 443 g/mol. The summed E-state index contributed by atoms with van der Waals surface area (Å²) in [5.41, 5.74) is 0.855. The van der Waals surface area contributed by atoms with Crippen LogP contribution in [0.3, 0.4) is 0 Å². The zero-order chi connectivity index (χ0) is 18.5. The molecule has 0 radical (unpaired) electrons. The normalized spacial score (nSPS) is 12.2. The summed E-state index contributed by atoms with van der Waals surface area (Å²) in [5.74, 6) is 1.05. The summed E-state index contributed by atoms with van der Waals surface area (Å²) in [4.78, 5) is 16.2. The van der Waals surface area contributed by atoms with Crippen LogP contribution in [0.25, 0.3) is 0 Å². The van der Waals surface area contributed by atoms with E-state index in [1.165, 1.54) is 31.9 Å². The molecule has 0 spiro atoms. The van der Waals surface area contributed by atoms with Crippen molar-refractivity contribution in [3.63, 3.8) is 0 Å². The molecule has 6 nitrogen and oxygen atoms in total. The number of nitrogens with zero attached hydrogens (tertiary/aromatic N) is 1. The van der Waals surface area contributed by atoms with Gasteiger partial charge in [0, 0.05) is 31.7 Å². The van der Waals surface area contributed by atoms with Gasteiger partial charge in [0.15, 0.2) is 11.7 Å². The molecule has 0 saturated carbocycles. The summed E-state index contributed by atoms with van der Waals surface area (Å²) in [5, 5.41) is 9.56. The van der Waals surface area contributed by atoms with Crippen molar-refractivity contribution in [1.29, 1.82) is 0 Å². The molecule has 1 aromatic rings. The molecule has 0 aromatic carbocycles. The predicted octanol–water partition coefficient (Wildman–Crippen LogP) is 3.85. The topological polar surface area (TPSA) is 78.7 Å². The van der Waals surface area contributed by atoms with E-state index in [1.807, 2.05) is 6.92 Å². The van der Waals surface area contributed by atoms with E-state index in [9.17, 15) is 4.79 Å². The molecule has 3 N–H and O–H groups in total. The third-order valence-electron chi connectivity index (χ3n) is 4.10. The number of hydrogen-bond acceptors (Lipinski definition) is 3. The first-order valence-electron chi connectivity index (χ1n) is 9.38. The van der Waals surface area contributed by atoms with Crippen LogP contribution in [-0.4, -0.2) is 38.0 Å². The van der Waals surface area contributed by atoms with Crippen LogP contribution in [0.5, 0.6) is 0 Å². The Balaban J connectivity index is 0.00000625. The molecule has 0 aliphatic rings. The molecule has 1 heterocycles. The van der Waals surface area contributed by atoms with Crippen LogP contribution in [-0.2, 0) is 0 Å². The van der Waals surface area contributed by atoms with E-state index in [4.69, 9.17) is 4.42 Å². The number of nitrogens with one attached hydrogen (secondary N) is 3. The van der Waals surface area contributed by atoms with Gasteiger partial charge in [0.2, 0.25) is 0 Å². The van der Waals surface area contributed by atoms with Gasteiger partial charge in [-0.25, -0.2) is 0 Å². The highest BCUT2D eigenvalue weighted by Gasteiger charge is 2.11. The van der Waals surface area contributed by atoms with Crippen LogP contribution >= 0.6 is 24.0 Å². The maximum absolute atomic E-state index is 11.9. The molecule has 0 bridgehead atoms. The van der Waals surface area contributed by atoms with Crippen molar-refractivity contribution in [1.82, 2.24) is 16.0 Å². The monoisotopic (exact) mass is 478 g/mol. The summed E-state index contributed by atoms with van der Waals surface area (Å²) in [7, 11) is 1.78. The minimum Gasteiger partial charge on any atom is -0.459 e. The fourth-order valence-electron chi connectivity index (χ4n) is 2.56. The molecule has 26 heavy (non-hydrogen) atoms. The van der Waals surface area contributed by atoms with Gasteiger partial charge in [0.05, 0.1) is 6.26 Å². The number of aryl methyl sites for hydroxylation is 1. The molecule has 0 aliphatic carbocycles. The lowest BCUT2D eigenvalue weighted by molar-refractivity contribution is 0.0925. The Bertz CT molecular complexity index is 531. The van der Waals surface area contributed by atoms with Crippen LogP contribution in [0.15, 0.2) is 21.7 Å². The van der Waals surface area contributed by atoms with E-state index in [0.717, 1.165) is 30.9 Å². The van der Waals surface area contributed by atoms with Gasteiger partial charge < -0.3 is 20.4 Å². The van der Waals surface area contributed by atoms with Crippen molar-refractivity contribution in [3.05, 3.63) is 23.7 Å². The van der Waals surface area contributed by atoms with E-state index in [-0.39, 0.29) is 29.9 Å². The average Bonchev–Trinajstić information content (AvgIpc) is 3.03. The van der Waals surface area contributed by atoms with Gasteiger partial charge in [-0.05, 0) is 32.8 Å². The second kappa shape index (κ2) is 14.9. The van der Waals surface area contributed by atoms with Crippen LogP contribution in [0.1, 0.15) is 68.5 Å². The highest BCUT2D eigenvalue weighted by molar-refractivity contribution is 14.0. The second-order valence-corrected chi connectivity index (χ2v) is 6.44. The molecule has 7 heteroatoms. The molecule has 1 rings (SSSR count). The van der Waals surface area contributed by atoms with E-state index in [1.54, 1.807) is 13.1 Å². The molecule has 1 atom stereocenters. The molecular formula is C19H35IN4O2. The van der Waals surface area contributed by atoms with Gasteiger partial charge >= 0.3 is 0 Å². The first-order chi connectivity index (χ1) is 12.1. The summed E-state index contributed by atoms with van der Waals surface area (Å²) < 4.78 is 5.17. The maximum atomic E-state index is 11.9. The zero-order valence-corrected chi connectivity index (χ0v) is 18.9. The zero-order valence-electron chi connectivity index (χ0n) is 16.6. The third-order valence-corrected chi connectivity index (χ3v) is 4.10. The maximum Gasteiger partial charge on any atom is 0.287 e. The van der Waals surface area contributed by atoms with Crippen molar-refractivity contribution in [3.8, 4) is 0 Å². The lowest BCUT2D eigenvalue weighted by Gasteiger charge is -2.18. The van der Waals surface area contributed by atoms with Gasteiger partial charge in [-0.2, -0.15) is 0 Å². The summed E-state index contributed by atoms with van der Waals surface area (Å²) in [6.45, 7) is 7.62. The Hall–Kier alpha value is -1.25. The number of amides is 1. The van der Waals surface area contributed by atoms with Crippen molar-refractivity contribution in [2.24, 2.45) is 4.99 Å². The standard InChI is InChI=1S/C19H34N4O2.HI/c1-5-6-7-8-10-16(3)23-19(20-4)22-13-9-12-21-18(24)17-15(2)11-14-25-17;/h11,14,16H,5-10,12-13H2,1-4H3,(H,21,24)(H2,20,22,23);1H. The van der Waals surface area contributed by atoms with Crippen LogP contribution in [0.2, 0.25) is 0 Å². The number of rotatable bonds is 11. The average molecular weight is 478 g/mol. The van der Waals surface area contributed by atoms with Crippen LogP contribution in [0, 0.1) is 6.92 Å². The Morgan fingerprint density at radius 3 is 2.54 bits per heavy atom. The van der Waals surface area contributed by atoms with Gasteiger partial charge in [-0.3, -0.25) is 9.79 Å². The molecule has 0 fully saturated rings. The lowest BCUT2D eigenvalue weighted by Crippen LogP contribution is -2.43. The van der Waals surface area contributed by atoms with E-state index >= 15 is 0 Å². The third kappa shape index (κ3) is 10.0. The van der Waals surface area contributed by atoms with E-state index in [0.29, 0.717) is 18.3 Å². The van der Waals surface area contributed by atoms with Crippen molar-refractivity contribution in [2.75, 3.05) is 20.1 Å². The van der Waals surface area contributed by atoms with Gasteiger partial charge in [-0.15, -0.1) is 24.0 Å². The molecule has 0 aliphatic heterocycles. The SMILES string of the molecule is CCCCCCC(C)NC(=NC)NCCCNC(=O)c1occc1C.I. The highest BCUT2D eigenvalue weighted by Crippen LogP contribution is 2.08. The summed E-state index contributed by atoms with van der Waals surface area (Å²) in [6, 6.07) is 2.19.